The zero-order valence-corrected chi connectivity index (χ0v) is 18.1. The number of halogens is 2. The summed E-state index contributed by atoms with van der Waals surface area (Å²) >= 11 is -0.575. The molecule has 0 radical (unpaired) electrons. The van der Waals surface area contributed by atoms with Gasteiger partial charge in [0.2, 0.25) is 0 Å². The van der Waals surface area contributed by atoms with Crippen molar-refractivity contribution in [1.82, 2.24) is 0 Å². The number of allylic oxidation sites excluding steroid dienone is 8. The summed E-state index contributed by atoms with van der Waals surface area (Å²) in [5.74, 6) is 0. The minimum atomic E-state index is -0.575. The van der Waals surface area contributed by atoms with Crippen molar-refractivity contribution in [3.63, 3.8) is 0 Å². The summed E-state index contributed by atoms with van der Waals surface area (Å²) in [5.41, 5.74) is 3.90. The Morgan fingerprint density at radius 2 is 1.05 bits per heavy atom. The van der Waals surface area contributed by atoms with Crippen molar-refractivity contribution in [3.05, 3.63) is 42.0 Å². The predicted molar refractivity (Wildman–Crippen MR) is 95.0 cm³/mol. The van der Waals surface area contributed by atoms with Gasteiger partial charge in [0.25, 0.3) is 0 Å². The molecule has 0 saturated heterocycles. The second-order valence-corrected chi connectivity index (χ2v) is 11.2. The van der Waals surface area contributed by atoms with E-state index in [2.05, 4.69) is 65.8 Å². The molecule has 0 N–H and O–H groups in total. The van der Waals surface area contributed by atoms with Crippen molar-refractivity contribution in [2.75, 3.05) is 0 Å². The molecule has 0 unspecified atom stereocenters. The average molecular weight is 407 g/mol. The van der Waals surface area contributed by atoms with Crippen LogP contribution in [-0.4, -0.2) is 0 Å². The zero-order valence-electron chi connectivity index (χ0n) is 14.0. The van der Waals surface area contributed by atoms with Crippen LogP contribution in [0.25, 0.3) is 0 Å². The molecule has 118 valence electrons. The molecule has 0 bridgehead atoms. The summed E-state index contributed by atoms with van der Waals surface area (Å²) in [4.78, 5) is 0. The van der Waals surface area contributed by atoms with E-state index < -0.39 is 23.2 Å². The van der Waals surface area contributed by atoms with Gasteiger partial charge in [0, 0.05) is 0 Å². The van der Waals surface area contributed by atoms with Crippen LogP contribution in [0.15, 0.2) is 42.0 Å². The van der Waals surface area contributed by atoms with Crippen LogP contribution < -0.4 is 0 Å². The van der Waals surface area contributed by atoms with E-state index >= 15 is 0 Å². The maximum atomic E-state index is 2.38. The van der Waals surface area contributed by atoms with Crippen molar-refractivity contribution in [1.29, 1.82) is 0 Å². The van der Waals surface area contributed by atoms with Gasteiger partial charge in [0.05, 0.1) is 0 Å². The smallest absolute Gasteiger partial charge is 0.147 e. The van der Waals surface area contributed by atoms with Crippen molar-refractivity contribution >= 4 is 24.8 Å². The maximum Gasteiger partial charge on any atom is -0.147 e. The van der Waals surface area contributed by atoms with Gasteiger partial charge in [-0.15, -0.1) is 24.8 Å². The third kappa shape index (κ3) is 5.23. The first-order valence-corrected chi connectivity index (χ1v) is 9.73. The number of hydrogen-bond acceptors (Lipinski definition) is 0. The second-order valence-electron chi connectivity index (χ2n) is 7.62. The molecule has 0 heterocycles. The van der Waals surface area contributed by atoms with E-state index in [4.69, 9.17) is 0 Å². The van der Waals surface area contributed by atoms with Gasteiger partial charge in [-0.05, 0) is 0 Å². The molecule has 0 aliphatic heterocycles. The molecular weight excluding hydrogens is 378 g/mol. The molecule has 0 aromatic carbocycles. The van der Waals surface area contributed by atoms with Gasteiger partial charge in [0.15, 0.2) is 0 Å². The monoisotopic (exact) mass is 404 g/mol. The largest absolute Gasteiger partial charge is 0.147 e. The Kier molecular flexibility index (Phi) is 7.96. The molecule has 21 heavy (non-hydrogen) atoms. The summed E-state index contributed by atoms with van der Waals surface area (Å²) in [7, 11) is 0. The number of hydrogen-bond donors (Lipinski definition) is 0. The van der Waals surface area contributed by atoms with E-state index in [-0.39, 0.29) is 24.8 Å². The van der Waals surface area contributed by atoms with E-state index in [9.17, 15) is 0 Å². The van der Waals surface area contributed by atoms with E-state index in [0.29, 0.717) is 10.8 Å². The summed E-state index contributed by atoms with van der Waals surface area (Å²) in [5, 5.41) is 0. The minimum Gasteiger partial charge on any atom is -0.147 e. The third-order valence-corrected chi connectivity index (χ3v) is 7.59. The van der Waals surface area contributed by atoms with Crippen LogP contribution in [0.5, 0.6) is 0 Å². The van der Waals surface area contributed by atoms with Gasteiger partial charge in [-0.25, -0.2) is 0 Å². The van der Waals surface area contributed by atoms with E-state index in [1.807, 2.05) is 0 Å². The Morgan fingerprint density at radius 1 is 0.714 bits per heavy atom. The van der Waals surface area contributed by atoms with Gasteiger partial charge in [-0.1, -0.05) is 0 Å². The van der Waals surface area contributed by atoms with Gasteiger partial charge in [0.1, 0.15) is 0 Å². The van der Waals surface area contributed by atoms with Crippen LogP contribution >= 0.6 is 24.8 Å². The fourth-order valence-electron chi connectivity index (χ4n) is 2.83. The summed E-state index contributed by atoms with van der Waals surface area (Å²) in [6, 6.07) is 0. The molecule has 0 saturated carbocycles. The van der Waals surface area contributed by atoms with Gasteiger partial charge < -0.3 is 0 Å². The Labute approximate surface area is 154 Å². The number of rotatable bonds is 2. The van der Waals surface area contributed by atoms with Crippen molar-refractivity contribution in [2.45, 2.75) is 54.4 Å². The molecular formula is C18H28Cl2Zr. The molecule has 0 aromatic heterocycles. The first-order valence-electron chi connectivity index (χ1n) is 7.27. The first kappa shape index (κ1) is 21.4. The molecule has 0 atom stereocenters. The van der Waals surface area contributed by atoms with Crippen molar-refractivity contribution < 1.29 is 23.2 Å². The standard InChI is InChI=1S/2C9H13.2ClH.Zr/c2*1-9(2,3)8-6-4-5-7-8;;;/h2*4,6H,5H2,1-3H3;2*1H;. The Morgan fingerprint density at radius 3 is 1.33 bits per heavy atom. The molecule has 2 rings (SSSR count). The normalized spacial score (nSPS) is 18.0. The second kappa shape index (κ2) is 7.80. The maximum absolute atomic E-state index is 2.38. The molecule has 2 aliphatic carbocycles. The van der Waals surface area contributed by atoms with Crippen LogP contribution in [0, 0.1) is 10.8 Å². The fraction of sp³-hybridized carbons (Fsp3) is 0.556. The molecule has 3 heteroatoms. The summed E-state index contributed by atoms with van der Waals surface area (Å²) < 4.78 is 3.60. The summed E-state index contributed by atoms with van der Waals surface area (Å²) in [6.07, 6.45) is 12.0. The van der Waals surface area contributed by atoms with Crippen LogP contribution in [-0.2, 0) is 23.2 Å². The molecule has 2 aliphatic rings. The Balaban J connectivity index is 0.00000200. The van der Waals surface area contributed by atoms with E-state index in [0.717, 1.165) is 0 Å². The van der Waals surface area contributed by atoms with Crippen LogP contribution in [0.2, 0.25) is 0 Å². The van der Waals surface area contributed by atoms with Crippen molar-refractivity contribution in [3.8, 4) is 0 Å². The van der Waals surface area contributed by atoms with Crippen LogP contribution in [0.4, 0.5) is 0 Å². The van der Waals surface area contributed by atoms with Gasteiger partial charge in [-0.2, -0.15) is 0 Å². The average Bonchev–Trinajstić information content (AvgIpc) is 2.83. The molecule has 0 amide bonds. The predicted octanol–water partition coefficient (Wildman–Crippen LogP) is 6.43. The van der Waals surface area contributed by atoms with Crippen LogP contribution in [0.1, 0.15) is 54.4 Å². The fourth-order valence-corrected chi connectivity index (χ4v) is 7.73. The SMILES string of the molecule is CC(C)(C)C1=[C]([Zr][C]2=C(C(C)(C)C)C=CC2)CC=C1.Cl.Cl. The zero-order chi connectivity index (χ0) is 14.3. The quantitative estimate of drug-likeness (QED) is 0.495. The molecule has 0 aromatic rings. The minimum absolute atomic E-state index is 0. The third-order valence-electron chi connectivity index (χ3n) is 3.78. The van der Waals surface area contributed by atoms with Crippen molar-refractivity contribution in [2.24, 2.45) is 10.8 Å². The van der Waals surface area contributed by atoms with Gasteiger partial charge >= 0.3 is 130 Å². The Hall–Kier alpha value is 0.423. The van der Waals surface area contributed by atoms with E-state index in [1.165, 1.54) is 12.8 Å². The van der Waals surface area contributed by atoms with Crippen LogP contribution in [0.3, 0.4) is 0 Å². The van der Waals surface area contributed by atoms with Gasteiger partial charge in [-0.3, -0.25) is 0 Å². The van der Waals surface area contributed by atoms with E-state index in [1.54, 1.807) is 17.7 Å². The topological polar surface area (TPSA) is 0 Å². The molecule has 0 nitrogen and oxygen atoms in total. The molecule has 0 fully saturated rings. The molecule has 0 spiro atoms. The first-order chi connectivity index (χ1) is 8.69. The Bertz CT molecular complexity index is 448. The summed E-state index contributed by atoms with van der Waals surface area (Å²) in [6.45, 7) is 14.1.